The van der Waals surface area contributed by atoms with Crippen molar-refractivity contribution < 1.29 is 0 Å². The third kappa shape index (κ3) is 2.05. The fourth-order valence-corrected chi connectivity index (χ4v) is 2.51. The maximum Gasteiger partial charge on any atom is 0.195 e. The van der Waals surface area contributed by atoms with Gasteiger partial charge in [-0.2, -0.15) is 5.10 Å². The van der Waals surface area contributed by atoms with Crippen molar-refractivity contribution in [3.63, 3.8) is 0 Å². The summed E-state index contributed by atoms with van der Waals surface area (Å²) in [5.74, 6) is 0.876. The van der Waals surface area contributed by atoms with E-state index < -0.39 is 0 Å². The number of H-pyrrole nitrogens is 1. The van der Waals surface area contributed by atoms with Gasteiger partial charge in [0.1, 0.15) is 6.33 Å². The zero-order valence-corrected chi connectivity index (χ0v) is 9.39. The molecule has 1 fully saturated rings. The van der Waals surface area contributed by atoms with E-state index in [1.165, 1.54) is 32.1 Å². The van der Waals surface area contributed by atoms with E-state index in [0.717, 1.165) is 10.7 Å². The Bertz CT molecular complexity index is 341. The van der Waals surface area contributed by atoms with Gasteiger partial charge in [0, 0.05) is 6.04 Å². The van der Waals surface area contributed by atoms with E-state index in [9.17, 15) is 0 Å². The zero-order valence-electron chi connectivity index (χ0n) is 8.57. The van der Waals surface area contributed by atoms with E-state index >= 15 is 0 Å². The van der Waals surface area contributed by atoms with Crippen LogP contribution in [0.25, 0.3) is 0 Å². The summed E-state index contributed by atoms with van der Waals surface area (Å²) in [7, 11) is 0. The van der Waals surface area contributed by atoms with Crippen LogP contribution in [0.15, 0.2) is 6.33 Å². The monoisotopic (exact) mass is 211 g/mol. The Hall–Kier alpha value is -0.640. The molecule has 1 aliphatic rings. The highest BCUT2D eigenvalue weighted by atomic mass is 32.1. The molecule has 1 aliphatic carbocycles. The van der Waals surface area contributed by atoms with Gasteiger partial charge in [-0.15, -0.1) is 0 Å². The van der Waals surface area contributed by atoms with Crippen LogP contribution in [-0.2, 0) is 0 Å². The summed E-state index contributed by atoms with van der Waals surface area (Å²) in [6.45, 7) is 2.34. The normalized spacial score (nSPS) is 28.6. The van der Waals surface area contributed by atoms with Crippen molar-refractivity contribution in [2.75, 3.05) is 0 Å². The molecule has 4 heteroatoms. The third-order valence-corrected chi connectivity index (χ3v) is 3.50. The first kappa shape index (κ1) is 9.90. The molecule has 1 aromatic rings. The second-order valence-electron chi connectivity index (χ2n) is 4.34. The third-order valence-electron chi connectivity index (χ3n) is 3.20. The predicted molar refractivity (Wildman–Crippen MR) is 58.7 cm³/mol. The number of aromatic amines is 1. The number of aromatic nitrogens is 3. The summed E-state index contributed by atoms with van der Waals surface area (Å²) in [5.41, 5.74) is 0. The Balaban J connectivity index is 2.11. The van der Waals surface area contributed by atoms with Crippen molar-refractivity contribution in [1.82, 2.24) is 14.8 Å². The van der Waals surface area contributed by atoms with E-state index in [2.05, 4.69) is 21.7 Å². The lowest BCUT2D eigenvalue weighted by molar-refractivity contribution is 0.428. The standard InChI is InChI=1S/C10H17N3S/c1-8-3-2-4-9(6-5-8)13-7-11-12-10(13)14/h7-9H,2-6H2,1H3,(H,12,14). The molecule has 0 amide bonds. The van der Waals surface area contributed by atoms with Gasteiger partial charge in [-0.1, -0.05) is 19.8 Å². The van der Waals surface area contributed by atoms with Crippen molar-refractivity contribution in [2.45, 2.75) is 45.1 Å². The van der Waals surface area contributed by atoms with Crippen LogP contribution in [0, 0.1) is 10.7 Å². The van der Waals surface area contributed by atoms with E-state index in [-0.39, 0.29) is 0 Å². The van der Waals surface area contributed by atoms with Gasteiger partial charge >= 0.3 is 0 Å². The van der Waals surface area contributed by atoms with Gasteiger partial charge in [0.05, 0.1) is 0 Å². The highest BCUT2D eigenvalue weighted by molar-refractivity contribution is 7.71. The van der Waals surface area contributed by atoms with E-state index in [1.54, 1.807) is 0 Å². The number of hydrogen-bond acceptors (Lipinski definition) is 2. The predicted octanol–water partition coefficient (Wildman–Crippen LogP) is 3.08. The Morgan fingerprint density at radius 2 is 2.29 bits per heavy atom. The average molecular weight is 211 g/mol. The van der Waals surface area contributed by atoms with Crippen molar-refractivity contribution in [1.29, 1.82) is 0 Å². The first-order valence-electron chi connectivity index (χ1n) is 5.39. The summed E-state index contributed by atoms with van der Waals surface area (Å²) in [6, 6.07) is 0.575. The first-order chi connectivity index (χ1) is 6.77. The second-order valence-corrected chi connectivity index (χ2v) is 4.72. The SMILES string of the molecule is CC1CCCC(n2cn[nH]c2=S)CC1. The number of hydrogen-bond donors (Lipinski definition) is 1. The van der Waals surface area contributed by atoms with Gasteiger partial charge < -0.3 is 4.57 Å². The number of rotatable bonds is 1. The van der Waals surface area contributed by atoms with Gasteiger partial charge in [-0.3, -0.25) is 5.10 Å². The van der Waals surface area contributed by atoms with Crippen molar-refractivity contribution >= 4 is 12.2 Å². The minimum atomic E-state index is 0.575. The van der Waals surface area contributed by atoms with Crippen LogP contribution in [0.4, 0.5) is 0 Å². The van der Waals surface area contributed by atoms with Gasteiger partial charge in [0.15, 0.2) is 4.77 Å². The van der Waals surface area contributed by atoms with E-state index in [4.69, 9.17) is 12.2 Å². The van der Waals surface area contributed by atoms with Crippen LogP contribution < -0.4 is 0 Å². The molecule has 14 heavy (non-hydrogen) atoms. The maximum absolute atomic E-state index is 5.18. The highest BCUT2D eigenvalue weighted by Gasteiger charge is 2.17. The molecule has 0 saturated heterocycles. The average Bonchev–Trinajstić information content (AvgIpc) is 2.46. The van der Waals surface area contributed by atoms with E-state index in [1.807, 2.05) is 6.33 Å². The number of nitrogens with one attached hydrogen (secondary N) is 1. The molecular formula is C10H17N3S. The molecule has 78 valence electrons. The summed E-state index contributed by atoms with van der Waals surface area (Å²) < 4.78 is 2.89. The fourth-order valence-electron chi connectivity index (χ4n) is 2.26. The lowest BCUT2D eigenvalue weighted by Crippen LogP contribution is -2.07. The van der Waals surface area contributed by atoms with Crippen molar-refractivity contribution in [3.05, 3.63) is 11.1 Å². The molecule has 0 radical (unpaired) electrons. The second kappa shape index (κ2) is 4.26. The molecule has 1 N–H and O–H groups in total. The molecule has 2 rings (SSSR count). The molecule has 0 bridgehead atoms. The molecule has 0 aromatic carbocycles. The fraction of sp³-hybridized carbons (Fsp3) is 0.800. The minimum Gasteiger partial charge on any atom is -0.304 e. The van der Waals surface area contributed by atoms with Crippen molar-refractivity contribution in [3.8, 4) is 0 Å². The minimum absolute atomic E-state index is 0.575. The van der Waals surface area contributed by atoms with Crippen LogP contribution >= 0.6 is 12.2 Å². The Kier molecular flexibility index (Phi) is 3.01. The van der Waals surface area contributed by atoms with Crippen LogP contribution in [0.3, 0.4) is 0 Å². The van der Waals surface area contributed by atoms with Gasteiger partial charge in [-0.25, -0.2) is 0 Å². The maximum atomic E-state index is 5.18. The molecule has 2 atom stereocenters. The molecule has 1 saturated carbocycles. The lowest BCUT2D eigenvalue weighted by Gasteiger charge is -2.14. The zero-order chi connectivity index (χ0) is 9.97. The molecule has 0 aliphatic heterocycles. The van der Waals surface area contributed by atoms with Gasteiger partial charge in [0.25, 0.3) is 0 Å². The lowest BCUT2D eigenvalue weighted by atomic mass is 10.0. The Labute approximate surface area is 89.5 Å². The molecule has 1 heterocycles. The van der Waals surface area contributed by atoms with Crippen LogP contribution in [0.5, 0.6) is 0 Å². The largest absolute Gasteiger partial charge is 0.304 e. The molecule has 3 nitrogen and oxygen atoms in total. The van der Waals surface area contributed by atoms with Crippen LogP contribution in [0.2, 0.25) is 0 Å². The van der Waals surface area contributed by atoms with Gasteiger partial charge in [0.2, 0.25) is 0 Å². The summed E-state index contributed by atoms with van der Waals surface area (Å²) in [5, 5.41) is 6.81. The summed E-state index contributed by atoms with van der Waals surface area (Å²) in [6.07, 6.45) is 8.33. The van der Waals surface area contributed by atoms with Crippen LogP contribution in [-0.4, -0.2) is 14.8 Å². The Morgan fingerprint density at radius 3 is 3.00 bits per heavy atom. The first-order valence-corrected chi connectivity index (χ1v) is 5.79. The molecule has 1 aromatic heterocycles. The number of nitrogens with zero attached hydrogens (tertiary/aromatic N) is 2. The van der Waals surface area contributed by atoms with E-state index in [0.29, 0.717) is 6.04 Å². The molecular weight excluding hydrogens is 194 g/mol. The smallest absolute Gasteiger partial charge is 0.195 e. The highest BCUT2D eigenvalue weighted by Crippen LogP contribution is 2.29. The van der Waals surface area contributed by atoms with Crippen molar-refractivity contribution in [2.24, 2.45) is 5.92 Å². The van der Waals surface area contributed by atoms with Gasteiger partial charge in [-0.05, 0) is 37.4 Å². The topological polar surface area (TPSA) is 33.6 Å². The Morgan fingerprint density at radius 1 is 1.43 bits per heavy atom. The quantitative estimate of drug-likeness (QED) is 0.572. The summed E-state index contributed by atoms with van der Waals surface area (Å²) >= 11 is 5.18. The molecule has 0 spiro atoms. The molecule has 2 unspecified atom stereocenters. The summed E-state index contributed by atoms with van der Waals surface area (Å²) in [4.78, 5) is 0. The van der Waals surface area contributed by atoms with Crippen LogP contribution in [0.1, 0.15) is 45.1 Å².